The van der Waals surface area contributed by atoms with Crippen LogP contribution in [0.4, 0.5) is 0 Å². The Morgan fingerprint density at radius 1 is 1.69 bits per heavy atom. The van der Waals surface area contributed by atoms with Gasteiger partial charge in [0.15, 0.2) is 11.4 Å². The number of nitrogens with zero attached hydrogens (tertiary/aromatic N) is 2. The molecule has 2 heterocycles. The molecule has 5 heteroatoms. The van der Waals surface area contributed by atoms with Gasteiger partial charge in [-0.25, -0.2) is 0 Å². The lowest BCUT2D eigenvalue weighted by Crippen LogP contribution is -2.28. The van der Waals surface area contributed by atoms with Gasteiger partial charge in [-0.3, -0.25) is 0 Å². The van der Waals surface area contributed by atoms with Crippen molar-refractivity contribution in [2.45, 2.75) is 25.4 Å². The second kappa shape index (κ2) is 3.08. The molecule has 1 aliphatic heterocycles. The first kappa shape index (κ1) is 8.65. The Morgan fingerprint density at radius 3 is 3.08 bits per heavy atom. The largest absolute Gasteiger partial charge is 0.379 e. The van der Waals surface area contributed by atoms with E-state index in [1.807, 2.05) is 6.92 Å². The minimum absolute atomic E-state index is 0.342. The molecule has 2 N–H and O–H groups in total. The molecule has 13 heavy (non-hydrogen) atoms. The van der Waals surface area contributed by atoms with E-state index in [1.54, 1.807) is 0 Å². The van der Waals surface area contributed by atoms with Gasteiger partial charge in [-0.2, -0.15) is 4.98 Å². The molecule has 1 unspecified atom stereocenters. The molecule has 0 saturated carbocycles. The number of hydrogen-bond donors (Lipinski definition) is 2. The van der Waals surface area contributed by atoms with Gasteiger partial charge in [-0.1, -0.05) is 12.1 Å². The maximum atomic E-state index is 10.0. The third-order valence-corrected chi connectivity index (χ3v) is 2.32. The number of aliphatic hydroxyl groups is 1. The summed E-state index contributed by atoms with van der Waals surface area (Å²) in [4.78, 5) is 4.11. The van der Waals surface area contributed by atoms with Crippen molar-refractivity contribution in [3.05, 3.63) is 11.7 Å². The highest BCUT2D eigenvalue weighted by atomic mass is 16.5. The van der Waals surface area contributed by atoms with Crippen LogP contribution in [-0.2, 0) is 12.0 Å². The van der Waals surface area contributed by atoms with Crippen molar-refractivity contribution < 1.29 is 9.63 Å². The summed E-state index contributed by atoms with van der Waals surface area (Å²) in [6.07, 6.45) is 1.37. The Hall–Kier alpha value is -0.940. The molecule has 72 valence electrons. The van der Waals surface area contributed by atoms with Crippen LogP contribution in [0.2, 0.25) is 0 Å². The van der Waals surface area contributed by atoms with Gasteiger partial charge < -0.3 is 14.9 Å². The minimum Gasteiger partial charge on any atom is -0.379 e. The number of hydrogen-bond acceptors (Lipinski definition) is 5. The Labute approximate surface area is 76.1 Å². The molecular weight excluding hydrogens is 170 g/mol. The second-order valence-electron chi connectivity index (χ2n) is 3.33. The molecule has 2 rings (SSSR count). The first-order chi connectivity index (χ1) is 6.24. The smallest absolute Gasteiger partial charge is 0.259 e. The van der Waals surface area contributed by atoms with Crippen LogP contribution in [0.5, 0.6) is 0 Å². The van der Waals surface area contributed by atoms with E-state index in [2.05, 4.69) is 15.5 Å². The van der Waals surface area contributed by atoms with Gasteiger partial charge in [-0.05, 0) is 13.0 Å². The summed E-state index contributed by atoms with van der Waals surface area (Å²) < 4.78 is 4.99. The van der Waals surface area contributed by atoms with E-state index in [0.29, 0.717) is 24.7 Å². The molecule has 1 saturated heterocycles. The number of aromatic nitrogens is 2. The van der Waals surface area contributed by atoms with Crippen molar-refractivity contribution in [3.63, 3.8) is 0 Å². The van der Waals surface area contributed by atoms with Crippen molar-refractivity contribution in [3.8, 4) is 0 Å². The minimum atomic E-state index is -0.944. The van der Waals surface area contributed by atoms with Gasteiger partial charge in [0.05, 0.1) is 0 Å². The molecular formula is C8H13N3O2. The predicted octanol–water partition coefficient (Wildman–Crippen LogP) is -0.187. The lowest BCUT2D eigenvalue weighted by molar-refractivity contribution is 0.0243. The Kier molecular flexibility index (Phi) is 2.05. The monoisotopic (exact) mass is 183 g/mol. The van der Waals surface area contributed by atoms with Crippen LogP contribution in [0.15, 0.2) is 4.52 Å². The standard InChI is InChI=1S/C8H13N3O2/c1-2-6-10-7(13-11-6)8(12)3-4-9-5-8/h9,12H,2-5H2,1H3. The van der Waals surface area contributed by atoms with Crippen LogP contribution in [0, 0.1) is 0 Å². The fourth-order valence-corrected chi connectivity index (χ4v) is 1.45. The molecule has 0 aliphatic carbocycles. The lowest BCUT2D eigenvalue weighted by atomic mass is 10.0. The number of rotatable bonds is 2. The van der Waals surface area contributed by atoms with Gasteiger partial charge in [0.2, 0.25) is 0 Å². The number of nitrogens with one attached hydrogen (secondary N) is 1. The molecule has 0 bridgehead atoms. The number of aryl methyl sites for hydroxylation is 1. The van der Waals surface area contributed by atoms with Gasteiger partial charge in [0.1, 0.15) is 0 Å². The van der Waals surface area contributed by atoms with Crippen LogP contribution in [0.1, 0.15) is 25.1 Å². The molecule has 1 atom stereocenters. The molecule has 1 aromatic rings. The summed E-state index contributed by atoms with van der Waals surface area (Å²) in [6, 6.07) is 0. The van der Waals surface area contributed by atoms with Gasteiger partial charge in [0.25, 0.3) is 5.89 Å². The summed E-state index contributed by atoms with van der Waals surface area (Å²) in [6.45, 7) is 3.24. The van der Waals surface area contributed by atoms with E-state index in [9.17, 15) is 5.11 Å². The molecule has 0 radical (unpaired) electrons. The Morgan fingerprint density at radius 2 is 2.54 bits per heavy atom. The average Bonchev–Trinajstić information content (AvgIpc) is 2.72. The van der Waals surface area contributed by atoms with Crippen molar-refractivity contribution in [1.29, 1.82) is 0 Å². The van der Waals surface area contributed by atoms with Crippen molar-refractivity contribution >= 4 is 0 Å². The predicted molar refractivity (Wildman–Crippen MR) is 45.1 cm³/mol. The molecule has 0 aromatic carbocycles. The molecule has 1 fully saturated rings. The van der Waals surface area contributed by atoms with Crippen LogP contribution < -0.4 is 5.32 Å². The first-order valence-corrected chi connectivity index (χ1v) is 4.51. The highest BCUT2D eigenvalue weighted by Gasteiger charge is 2.38. The highest BCUT2D eigenvalue weighted by Crippen LogP contribution is 2.25. The third kappa shape index (κ3) is 1.45. The van der Waals surface area contributed by atoms with E-state index in [4.69, 9.17) is 4.52 Å². The van der Waals surface area contributed by atoms with Crippen molar-refractivity contribution in [1.82, 2.24) is 15.5 Å². The molecule has 1 aliphatic rings. The summed E-state index contributed by atoms with van der Waals surface area (Å²) >= 11 is 0. The maximum Gasteiger partial charge on any atom is 0.259 e. The molecule has 0 amide bonds. The van der Waals surface area contributed by atoms with E-state index in [0.717, 1.165) is 13.0 Å². The van der Waals surface area contributed by atoms with E-state index >= 15 is 0 Å². The Bertz CT molecular complexity index is 291. The zero-order chi connectivity index (χ0) is 9.31. The summed E-state index contributed by atoms with van der Waals surface area (Å²) in [5, 5.41) is 16.8. The topological polar surface area (TPSA) is 71.2 Å². The SMILES string of the molecule is CCc1noc(C2(O)CCNC2)n1. The van der Waals surface area contributed by atoms with Gasteiger partial charge >= 0.3 is 0 Å². The highest BCUT2D eigenvalue weighted by molar-refractivity contribution is 5.03. The summed E-state index contributed by atoms with van der Waals surface area (Å²) in [7, 11) is 0. The second-order valence-corrected chi connectivity index (χ2v) is 3.33. The average molecular weight is 183 g/mol. The van der Waals surface area contributed by atoms with Gasteiger partial charge in [-0.15, -0.1) is 0 Å². The molecule has 1 aromatic heterocycles. The summed E-state index contributed by atoms with van der Waals surface area (Å²) in [5.74, 6) is 0.990. The van der Waals surface area contributed by atoms with Crippen LogP contribution in [0.25, 0.3) is 0 Å². The first-order valence-electron chi connectivity index (χ1n) is 4.51. The van der Waals surface area contributed by atoms with E-state index in [-0.39, 0.29) is 0 Å². The quantitative estimate of drug-likeness (QED) is 0.665. The van der Waals surface area contributed by atoms with Crippen LogP contribution in [0.3, 0.4) is 0 Å². The van der Waals surface area contributed by atoms with Crippen molar-refractivity contribution in [2.24, 2.45) is 0 Å². The fraction of sp³-hybridized carbons (Fsp3) is 0.750. The fourth-order valence-electron chi connectivity index (χ4n) is 1.45. The number of β-amino-alcohol motifs (C(OH)–C–C–N with tert-alkyl or cyclic N) is 1. The van der Waals surface area contributed by atoms with E-state index in [1.165, 1.54) is 0 Å². The lowest BCUT2D eigenvalue weighted by Gasteiger charge is -2.14. The normalized spacial score (nSPS) is 28.2. The zero-order valence-corrected chi connectivity index (χ0v) is 7.58. The van der Waals surface area contributed by atoms with E-state index < -0.39 is 5.60 Å². The Balaban J connectivity index is 2.23. The van der Waals surface area contributed by atoms with Crippen LogP contribution in [-0.4, -0.2) is 28.3 Å². The van der Waals surface area contributed by atoms with Crippen LogP contribution >= 0.6 is 0 Å². The van der Waals surface area contributed by atoms with Gasteiger partial charge in [0, 0.05) is 13.0 Å². The third-order valence-electron chi connectivity index (χ3n) is 2.32. The summed E-state index contributed by atoms with van der Waals surface area (Å²) in [5.41, 5.74) is -0.944. The maximum absolute atomic E-state index is 10.0. The zero-order valence-electron chi connectivity index (χ0n) is 7.58. The molecule has 0 spiro atoms. The molecule has 5 nitrogen and oxygen atoms in total. The van der Waals surface area contributed by atoms with Crippen molar-refractivity contribution in [2.75, 3.05) is 13.1 Å².